The van der Waals surface area contributed by atoms with E-state index in [2.05, 4.69) is 66.7 Å². The summed E-state index contributed by atoms with van der Waals surface area (Å²) in [5, 5.41) is 4.12. The van der Waals surface area contributed by atoms with Gasteiger partial charge in [-0.3, -0.25) is 0 Å². The van der Waals surface area contributed by atoms with Crippen molar-refractivity contribution >= 4 is 42.4 Å². The monoisotopic (exact) mass is 377 g/mol. The first-order valence-electron chi connectivity index (χ1n) is 10.2. The molecule has 2 aromatic heterocycles. The fourth-order valence-corrected chi connectivity index (χ4v) is 6.85. The number of hydrogen-bond acceptors (Lipinski definition) is 2. The largest absolute Gasteiger partial charge is 0.247 e. The van der Waals surface area contributed by atoms with Crippen LogP contribution in [0, 0.1) is 0 Å². The first-order chi connectivity index (χ1) is 13.9. The Morgan fingerprint density at radius 1 is 0.714 bits per heavy atom. The molecular weight excluding hydrogens is 358 g/mol. The molecule has 1 nitrogen and oxygen atoms in total. The molecule has 2 aliphatic carbocycles. The predicted octanol–water partition coefficient (Wildman–Crippen LogP) is 7.63. The van der Waals surface area contributed by atoms with Gasteiger partial charge in [0.05, 0.1) is 11.2 Å². The highest BCUT2D eigenvalue weighted by molar-refractivity contribution is 7.25. The normalized spacial score (nSPS) is 20.4. The van der Waals surface area contributed by atoms with Crippen LogP contribution in [-0.4, -0.2) is 4.98 Å². The van der Waals surface area contributed by atoms with Crippen molar-refractivity contribution in [2.45, 2.75) is 31.1 Å². The molecule has 28 heavy (non-hydrogen) atoms. The van der Waals surface area contributed by atoms with Gasteiger partial charge in [0.1, 0.15) is 0 Å². The number of hydrogen-bond donors (Lipinski definition) is 0. The number of aromatic nitrogens is 1. The molecule has 0 N–H and O–H groups in total. The zero-order valence-corrected chi connectivity index (χ0v) is 16.3. The highest BCUT2D eigenvalue weighted by atomic mass is 32.1. The van der Waals surface area contributed by atoms with E-state index in [0.29, 0.717) is 5.92 Å². The Morgan fingerprint density at radius 2 is 1.46 bits per heavy atom. The minimum absolute atomic E-state index is 0.699. The first-order valence-corrected chi connectivity index (χ1v) is 11.0. The van der Waals surface area contributed by atoms with Crippen LogP contribution in [0.4, 0.5) is 0 Å². The van der Waals surface area contributed by atoms with Gasteiger partial charge in [-0.1, -0.05) is 48.5 Å². The summed E-state index contributed by atoms with van der Waals surface area (Å²) in [4.78, 5) is 5.20. The van der Waals surface area contributed by atoms with E-state index in [0.717, 1.165) is 11.4 Å². The Hall–Kier alpha value is -2.71. The number of thiophene rings is 1. The van der Waals surface area contributed by atoms with Crippen molar-refractivity contribution in [2.75, 3.05) is 0 Å². The maximum Gasteiger partial charge on any atom is 0.0747 e. The van der Waals surface area contributed by atoms with Crippen molar-refractivity contribution in [3.05, 3.63) is 77.9 Å². The lowest BCUT2D eigenvalue weighted by Crippen LogP contribution is -2.04. The molecule has 0 spiro atoms. The smallest absolute Gasteiger partial charge is 0.0747 e. The van der Waals surface area contributed by atoms with E-state index < -0.39 is 0 Å². The summed E-state index contributed by atoms with van der Waals surface area (Å²) in [7, 11) is 0. The molecule has 2 bridgehead atoms. The minimum atomic E-state index is 0.699. The maximum atomic E-state index is 5.20. The van der Waals surface area contributed by atoms with E-state index in [-0.39, 0.29) is 0 Å². The van der Waals surface area contributed by atoms with Crippen LogP contribution in [0.15, 0.2) is 66.7 Å². The van der Waals surface area contributed by atoms with Gasteiger partial charge in [-0.25, -0.2) is 4.98 Å². The number of nitrogens with zero attached hydrogens (tertiary/aromatic N) is 1. The van der Waals surface area contributed by atoms with Crippen molar-refractivity contribution in [1.82, 2.24) is 4.98 Å². The number of benzene rings is 3. The first kappa shape index (κ1) is 15.2. The van der Waals surface area contributed by atoms with Crippen molar-refractivity contribution in [2.24, 2.45) is 0 Å². The summed E-state index contributed by atoms with van der Waals surface area (Å²) in [5.74, 6) is 1.44. The molecule has 2 unspecified atom stereocenters. The van der Waals surface area contributed by atoms with Crippen LogP contribution in [0.2, 0.25) is 0 Å². The molecule has 1 fully saturated rings. The van der Waals surface area contributed by atoms with Crippen LogP contribution in [0.3, 0.4) is 0 Å². The van der Waals surface area contributed by atoms with E-state index in [1.54, 1.807) is 11.1 Å². The Kier molecular flexibility index (Phi) is 2.95. The molecule has 0 saturated heterocycles. The van der Waals surface area contributed by atoms with Crippen LogP contribution in [0.1, 0.15) is 42.2 Å². The summed E-state index contributed by atoms with van der Waals surface area (Å²) < 4.78 is 2.73. The Bertz CT molecular complexity index is 1410. The second-order valence-corrected chi connectivity index (χ2v) is 9.40. The third-order valence-electron chi connectivity index (χ3n) is 6.87. The molecule has 2 heterocycles. The highest BCUT2D eigenvalue weighted by Crippen LogP contribution is 2.57. The van der Waals surface area contributed by atoms with Crippen LogP contribution in [0.25, 0.3) is 42.3 Å². The molecule has 1 saturated carbocycles. The summed E-state index contributed by atoms with van der Waals surface area (Å²) in [6.07, 6.45) is 4.00. The van der Waals surface area contributed by atoms with E-state index in [1.807, 2.05) is 11.3 Å². The average molecular weight is 378 g/mol. The van der Waals surface area contributed by atoms with Gasteiger partial charge < -0.3 is 0 Å². The molecular formula is C26H19NS. The quantitative estimate of drug-likeness (QED) is 0.292. The van der Waals surface area contributed by atoms with E-state index in [4.69, 9.17) is 4.98 Å². The molecule has 2 atom stereocenters. The van der Waals surface area contributed by atoms with E-state index in [1.165, 1.54) is 56.1 Å². The predicted molar refractivity (Wildman–Crippen MR) is 119 cm³/mol. The average Bonchev–Trinajstić information content (AvgIpc) is 3.45. The zero-order valence-electron chi connectivity index (χ0n) is 15.5. The summed E-state index contributed by atoms with van der Waals surface area (Å²) >= 11 is 1.89. The van der Waals surface area contributed by atoms with Crippen LogP contribution >= 0.6 is 11.3 Å². The molecule has 0 radical (unpaired) electrons. The number of pyridine rings is 1. The minimum Gasteiger partial charge on any atom is -0.247 e. The fraction of sp³-hybridized carbons (Fsp3) is 0.192. The van der Waals surface area contributed by atoms with Crippen LogP contribution < -0.4 is 0 Å². The van der Waals surface area contributed by atoms with Crippen molar-refractivity contribution in [3.63, 3.8) is 0 Å². The number of fused-ring (bicyclic) bond motifs is 10. The van der Waals surface area contributed by atoms with Gasteiger partial charge >= 0.3 is 0 Å². The SMILES string of the molecule is c1ccc2c3c(c(-c4ccc5c(c4)sc4ccccc45)nc2c1)C1CCC3C1. The van der Waals surface area contributed by atoms with Gasteiger partial charge in [-0.15, -0.1) is 11.3 Å². The van der Waals surface area contributed by atoms with Crippen molar-refractivity contribution in [3.8, 4) is 11.3 Å². The van der Waals surface area contributed by atoms with Crippen LogP contribution in [-0.2, 0) is 0 Å². The molecule has 0 aliphatic heterocycles. The molecule has 2 aliphatic rings. The van der Waals surface area contributed by atoms with Gasteiger partial charge in [0, 0.05) is 31.1 Å². The Labute approximate surface area is 167 Å². The summed E-state index contributed by atoms with van der Waals surface area (Å²) in [6.45, 7) is 0. The lowest BCUT2D eigenvalue weighted by atomic mass is 9.86. The van der Waals surface area contributed by atoms with Gasteiger partial charge in [0.2, 0.25) is 0 Å². The topological polar surface area (TPSA) is 12.9 Å². The van der Waals surface area contributed by atoms with Gasteiger partial charge in [-0.2, -0.15) is 0 Å². The summed E-state index contributed by atoms with van der Waals surface area (Å²) in [5.41, 5.74) is 6.83. The van der Waals surface area contributed by atoms with Gasteiger partial charge in [0.15, 0.2) is 0 Å². The number of para-hydroxylation sites is 1. The molecule has 5 aromatic rings. The van der Waals surface area contributed by atoms with Crippen LogP contribution in [0.5, 0.6) is 0 Å². The van der Waals surface area contributed by atoms with E-state index in [9.17, 15) is 0 Å². The Morgan fingerprint density at radius 3 is 2.39 bits per heavy atom. The van der Waals surface area contributed by atoms with Crippen molar-refractivity contribution < 1.29 is 0 Å². The lowest BCUT2D eigenvalue weighted by molar-refractivity contribution is 0.720. The number of rotatable bonds is 1. The second kappa shape index (κ2) is 5.42. The molecule has 7 rings (SSSR count). The van der Waals surface area contributed by atoms with E-state index >= 15 is 0 Å². The lowest BCUT2D eigenvalue weighted by Gasteiger charge is -2.21. The maximum absolute atomic E-state index is 5.20. The van der Waals surface area contributed by atoms with Crippen molar-refractivity contribution in [1.29, 1.82) is 0 Å². The molecule has 3 aromatic carbocycles. The van der Waals surface area contributed by atoms with Gasteiger partial charge in [-0.05, 0) is 60.4 Å². The highest BCUT2D eigenvalue weighted by Gasteiger charge is 2.40. The molecule has 0 amide bonds. The third kappa shape index (κ3) is 1.94. The summed E-state index contributed by atoms with van der Waals surface area (Å²) in [6, 6.07) is 24.5. The molecule has 134 valence electrons. The zero-order chi connectivity index (χ0) is 18.2. The molecule has 2 heteroatoms. The second-order valence-electron chi connectivity index (χ2n) is 8.32. The standard InChI is InChI=1S/C26H19NS/c1-3-7-21-20(6-1)24-15-9-10-16(13-15)25(24)26(27-21)17-11-12-19-18-5-2-4-8-22(18)28-23(19)14-17/h1-8,11-12,14-16H,9-10,13H2. The van der Waals surface area contributed by atoms with Gasteiger partial charge in [0.25, 0.3) is 0 Å². The third-order valence-corrected chi connectivity index (χ3v) is 8.01. The fourth-order valence-electron chi connectivity index (χ4n) is 5.70. The Balaban J connectivity index is 1.54.